The average Bonchev–Trinajstić information content (AvgIpc) is 2.87. The van der Waals surface area contributed by atoms with Gasteiger partial charge in [-0.05, 0) is 41.8 Å². The summed E-state index contributed by atoms with van der Waals surface area (Å²) in [5.41, 5.74) is 3.73. The molecule has 2 heterocycles. The molecule has 0 bridgehead atoms. The van der Waals surface area contributed by atoms with Gasteiger partial charge in [-0.15, -0.1) is 0 Å². The Hall–Kier alpha value is -3.31. The molecule has 1 saturated heterocycles. The highest BCUT2D eigenvalue weighted by Gasteiger charge is 2.39. The first kappa shape index (κ1) is 22.9. The molecule has 7 nitrogen and oxygen atoms in total. The van der Waals surface area contributed by atoms with Gasteiger partial charge in [-0.25, -0.2) is 0 Å². The van der Waals surface area contributed by atoms with Crippen LogP contribution in [-0.4, -0.2) is 44.7 Å². The zero-order valence-electron chi connectivity index (χ0n) is 19.3. The lowest BCUT2D eigenvalue weighted by Gasteiger charge is -2.42. The fourth-order valence-electron chi connectivity index (χ4n) is 4.26. The minimum absolute atomic E-state index is 0.00914. The molecule has 1 amide bonds. The zero-order chi connectivity index (χ0) is 23.5. The predicted octanol–water partition coefficient (Wildman–Crippen LogP) is 4.49. The molecule has 0 N–H and O–H groups in total. The number of thioether (sulfide) groups is 1. The van der Waals surface area contributed by atoms with Gasteiger partial charge in [-0.2, -0.15) is 5.26 Å². The number of aryl methyl sites for hydroxylation is 1. The van der Waals surface area contributed by atoms with E-state index < -0.39 is 0 Å². The molecule has 0 radical (unpaired) electrons. The van der Waals surface area contributed by atoms with Crippen molar-refractivity contribution in [2.45, 2.75) is 25.7 Å². The number of benzene rings is 2. The number of amides is 1. The number of methoxy groups -OCH3 is 3. The minimum atomic E-state index is -0.370. The number of ether oxygens (including phenoxy) is 3. The maximum absolute atomic E-state index is 13.2. The van der Waals surface area contributed by atoms with E-state index in [0.29, 0.717) is 35.4 Å². The van der Waals surface area contributed by atoms with Crippen LogP contribution in [0.15, 0.2) is 47.0 Å². The molecule has 172 valence electrons. The summed E-state index contributed by atoms with van der Waals surface area (Å²) in [7, 11) is 4.65. The van der Waals surface area contributed by atoms with Gasteiger partial charge in [0.2, 0.25) is 11.7 Å². The lowest BCUT2D eigenvalue weighted by atomic mass is 9.86. The van der Waals surface area contributed by atoms with E-state index in [1.165, 1.54) is 17.3 Å². The maximum Gasteiger partial charge on any atom is 0.229 e. The zero-order valence-corrected chi connectivity index (χ0v) is 20.1. The third kappa shape index (κ3) is 4.21. The Kier molecular flexibility index (Phi) is 6.70. The number of hydrogen-bond donors (Lipinski definition) is 0. The van der Waals surface area contributed by atoms with E-state index in [-0.39, 0.29) is 18.2 Å². The van der Waals surface area contributed by atoms with Gasteiger partial charge < -0.3 is 19.1 Å². The number of rotatable bonds is 6. The van der Waals surface area contributed by atoms with Crippen LogP contribution in [0.1, 0.15) is 30.4 Å². The molecule has 1 unspecified atom stereocenters. The molecule has 4 rings (SSSR count). The summed E-state index contributed by atoms with van der Waals surface area (Å²) in [4.78, 5) is 17.1. The molecule has 1 atom stereocenters. The van der Waals surface area contributed by atoms with Crippen molar-refractivity contribution in [3.05, 3.63) is 58.1 Å². The normalized spacial score (nSPS) is 18.0. The van der Waals surface area contributed by atoms with E-state index in [1.54, 1.807) is 26.2 Å². The van der Waals surface area contributed by atoms with Gasteiger partial charge in [0.25, 0.3) is 0 Å². The first-order valence-corrected chi connectivity index (χ1v) is 11.7. The molecule has 1 fully saturated rings. The number of hydrogen-bond acceptors (Lipinski definition) is 7. The molecular weight excluding hydrogens is 438 g/mol. The fourth-order valence-corrected chi connectivity index (χ4v) is 5.42. The number of allylic oxidation sites excluding steroid dienone is 1. The third-order valence-corrected chi connectivity index (χ3v) is 7.25. The number of carbonyl (C=O) groups is 1. The van der Waals surface area contributed by atoms with Crippen LogP contribution in [0.2, 0.25) is 0 Å². The molecule has 2 aliphatic heterocycles. The van der Waals surface area contributed by atoms with Gasteiger partial charge in [0.1, 0.15) is 0 Å². The highest BCUT2D eigenvalue weighted by Crippen LogP contribution is 2.47. The number of nitrogens with zero attached hydrogens (tertiary/aromatic N) is 3. The van der Waals surface area contributed by atoms with Crippen LogP contribution in [0.5, 0.6) is 17.2 Å². The van der Waals surface area contributed by atoms with Gasteiger partial charge in [0.15, 0.2) is 11.5 Å². The Balaban J connectivity index is 1.68. The van der Waals surface area contributed by atoms with Crippen LogP contribution >= 0.6 is 11.8 Å². The molecule has 2 aromatic carbocycles. The summed E-state index contributed by atoms with van der Waals surface area (Å²) >= 11 is 1.52. The second kappa shape index (κ2) is 9.67. The standard InChI is InChI=1S/C25H27N3O4S/c1-5-16-6-8-18(9-7-16)27-14-28-23(29)12-19(20(13-26)25(28)33-15-27)17-10-21(30-2)24(32-4)22(11-17)31-3/h6-11,19H,5,12,14-15H2,1-4H3. The van der Waals surface area contributed by atoms with E-state index in [2.05, 4.69) is 42.2 Å². The number of fused-ring (bicyclic) bond motifs is 1. The van der Waals surface area contributed by atoms with Gasteiger partial charge in [-0.1, -0.05) is 30.8 Å². The summed E-state index contributed by atoms with van der Waals surface area (Å²) in [6.45, 7) is 2.56. The van der Waals surface area contributed by atoms with Crippen molar-refractivity contribution in [1.29, 1.82) is 5.26 Å². The first-order valence-electron chi connectivity index (χ1n) is 10.8. The fraction of sp³-hybridized carbons (Fsp3) is 0.360. The largest absolute Gasteiger partial charge is 0.493 e. The van der Waals surface area contributed by atoms with E-state index in [1.807, 2.05) is 12.1 Å². The van der Waals surface area contributed by atoms with Gasteiger partial charge in [0.05, 0.1) is 50.5 Å². The predicted molar refractivity (Wildman–Crippen MR) is 129 cm³/mol. The Morgan fingerprint density at radius 1 is 1.09 bits per heavy atom. The monoisotopic (exact) mass is 465 g/mol. The smallest absolute Gasteiger partial charge is 0.229 e. The van der Waals surface area contributed by atoms with Gasteiger partial charge in [0, 0.05) is 18.0 Å². The summed E-state index contributed by atoms with van der Waals surface area (Å²) < 4.78 is 16.4. The second-order valence-electron chi connectivity index (χ2n) is 7.84. The minimum Gasteiger partial charge on any atom is -0.493 e. The lowest BCUT2D eigenvalue weighted by Crippen LogP contribution is -2.47. The molecule has 2 aromatic rings. The van der Waals surface area contributed by atoms with Crippen molar-refractivity contribution in [2.24, 2.45) is 0 Å². The van der Waals surface area contributed by atoms with Crippen molar-refractivity contribution in [3.8, 4) is 23.3 Å². The summed E-state index contributed by atoms with van der Waals surface area (Å²) in [5.74, 6) is 1.77. The molecular formula is C25H27N3O4S. The Labute approximate surface area is 198 Å². The van der Waals surface area contributed by atoms with E-state index in [4.69, 9.17) is 14.2 Å². The van der Waals surface area contributed by atoms with Gasteiger partial charge in [-0.3, -0.25) is 9.69 Å². The van der Waals surface area contributed by atoms with Crippen LogP contribution < -0.4 is 19.1 Å². The van der Waals surface area contributed by atoms with E-state index in [0.717, 1.165) is 22.7 Å². The lowest BCUT2D eigenvalue weighted by molar-refractivity contribution is -0.129. The third-order valence-electron chi connectivity index (χ3n) is 6.09. The van der Waals surface area contributed by atoms with Gasteiger partial charge >= 0.3 is 0 Å². The Bertz CT molecular complexity index is 1100. The Morgan fingerprint density at radius 2 is 1.76 bits per heavy atom. The quantitative estimate of drug-likeness (QED) is 0.622. The second-order valence-corrected chi connectivity index (χ2v) is 8.78. The van der Waals surface area contributed by atoms with Crippen LogP contribution in [0.3, 0.4) is 0 Å². The van der Waals surface area contributed by atoms with Crippen molar-refractivity contribution in [1.82, 2.24) is 4.90 Å². The first-order chi connectivity index (χ1) is 16.0. The maximum atomic E-state index is 13.2. The molecule has 0 spiro atoms. The summed E-state index contributed by atoms with van der Waals surface area (Å²) in [5, 5.41) is 10.8. The van der Waals surface area contributed by atoms with Crippen molar-refractivity contribution < 1.29 is 19.0 Å². The van der Waals surface area contributed by atoms with Crippen molar-refractivity contribution in [2.75, 3.05) is 38.8 Å². The van der Waals surface area contributed by atoms with Crippen molar-refractivity contribution in [3.63, 3.8) is 0 Å². The van der Waals surface area contributed by atoms with Crippen LogP contribution in [0.4, 0.5) is 5.69 Å². The SMILES string of the molecule is CCc1ccc(N2CSC3=C(C#N)C(c4cc(OC)c(OC)c(OC)c4)CC(=O)N3C2)cc1. The van der Waals surface area contributed by atoms with E-state index in [9.17, 15) is 10.1 Å². The molecule has 0 aliphatic carbocycles. The van der Waals surface area contributed by atoms with Crippen molar-refractivity contribution >= 4 is 23.4 Å². The molecule has 0 aromatic heterocycles. The topological polar surface area (TPSA) is 75.0 Å². The highest BCUT2D eigenvalue weighted by atomic mass is 32.2. The van der Waals surface area contributed by atoms with Crippen LogP contribution in [-0.2, 0) is 11.2 Å². The molecule has 33 heavy (non-hydrogen) atoms. The molecule has 0 saturated carbocycles. The molecule has 8 heteroatoms. The van der Waals surface area contributed by atoms with E-state index >= 15 is 0 Å². The average molecular weight is 466 g/mol. The summed E-state index contributed by atoms with van der Waals surface area (Å²) in [6, 6.07) is 14.4. The van der Waals surface area contributed by atoms with Crippen LogP contribution in [0, 0.1) is 11.3 Å². The highest BCUT2D eigenvalue weighted by molar-refractivity contribution is 8.03. The Morgan fingerprint density at radius 3 is 2.30 bits per heavy atom. The number of anilines is 1. The molecule has 2 aliphatic rings. The number of nitriles is 1. The number of carbonyl (C=O) groups excluding carboxylic acids is 1. The summed E-state index contributed by atoms with van der Waals surface area (Å²) in [6.07, 6.45) is 1.19. The van der Waals surface area contributed by atoms with Crippen LogP contribution in [0.25, 0.3) is 0 Å².